The number of ether oxygens (including phenoxy) is 1. The molecule has 0 bridgehead atoms. The summed E-state index contributed by atoms with van der Waals surface area (Å²) in [6, 6.07) is 1.77. The van der Waals surface area contributed by atoms with Gasteiger partial charge in [0.1, 0.15) is 18.1 Å². The fourth-order valence-electron chi connectivity index (χ4n) is 3.16. The van der Waals surface area contributed by atoms with Crippen LogP contribution in [0.5, 0.6) is 0 Å². The molecule has 0 radical (unpaired) electrons. The van der Waals surface area contributed by atoms with E-state index in [1.54, 1.807) is 13.2 Å². The second kappa shape index (κ2) is 7.39. The van der Waals surface area contributed by atoms with Gasteiger partial charge in [0.2, 0.25) is 5.89 Å². The molecular weight excluding hydrogens is 322 g/mol. The lowest BCUT2D eigenvalue weighted by Crippen LogP contribution is -2.39. The van der Waals surface area contributed by atoms with Crippen LogP contribution in [0.3, 0.4) is 0 Å². The van der Waals surface area contributed by atoms with Crippen molar-refractivity contribution in [2.24, 2.45) is 0 Å². The maximum absolute atomic E-state index is 12.9. The number of hydrogen-bond acceptors (Lipinski definition) is 6. The van der Waals surface area contributed by atoms with Gasteiger partial charge in [-0.05, 0) is 25.8 Å². The Morgan fingerprint density at radius 2 is 2.28 bits per heavy atom. The van der Waals surface area contributed by atoms with Crippen LogP contribution in [0.15, 0.2) is 15.0 Å². The van der Waals surface area contributed by atoms with Crippen molar-refractivity contribution < 1.29 is 18.5 Å². The van der Waals surface area contributed by atoms with Gasteiger partial charge in [-0.3, -0.25) is 4.79 Å². The van der Waals surface area contributed by atoms with Crippen LogP contribution in [-0.2, 0) is 11.3 Å². The molecule has 25 heavy (non-hydrogen) atoms. The molecule has 7 heteroatoms. The molecule has 1 aliphatic heterocycles. The Labute approximate surface area is 147 Å². The summed E-state index contributed by atoms with van der Waals surface area (Å²) >= 11 is 0. The number of aromatic nitrogens is 2. The monoisotopic (exact) mass is 347 g/mol. The van der Waals surface area contributed by atoms with E-state index in [-0.39, 0.29) is 17.7 Å². The number of rotatable bonds is 5. The Bertz CT molecular complexity index is 735. The molecule has 1 saturated heterocycles. The van der Waals surface area contributed by atoms with Crippen LogP contribution in [0.25, 0.3) is 0 Å². The van der Waals surface area contributed by atoms with Crippen LogP contribution >= 0.6 is 0 Å². The second-order valence-electron chi connectivity index (χ2n) is 6.85. The summed E-state index contributed by atoms with van der Waals surface area (Å²) < 4.78 is 16.0. The van der Waals surface area contributed by atoms with Crippen LogP contribution < -0.4 is 0 Å². The van der Waals surface area contributed by atoms with Crippen LogP contribution in [-0.4, -0.2) is 41.1 Å². The normalized spacial score (nSPS) is 18.1. The molecule has 1 amide bonds. The highest BCUT2D eigenvalue weighted by molar-refractivity contribution is 5.95. The third-order valence-corrected chi connectivity index (χ3v) is 4.51. The van der Waals surface area contributed by atoms with E-state index in [4.69, 9.17) is 13.7 Å². The van der Waals surface area contributed by atoms with Crippen molar-refractivity contribution in [3.05, 3.63) is 34.9 Å². The summed E-state index contributed by atoms with van der Waals surface area (Å²) in [5.41, 5.74) is 0.601. The van der Waals surface area contributed by atoms with Gasteiger partial charge in [-0.1, -0.05) is 19.0 Å². The number of furan rings is 1. The highest BCUT2D eigenvalue weighted by atomic mass is 16.5. The molecule has 2 aromatic heterocycles. The third kappa shape index (κ3) is 3.76. The lowest BCUT2D eigenvalue weighted by molar-refractivity contribution is 0.0702. The number of carbonyl (C=O) groups is 1. The van der Waals surface area contributed by atoms with E-state index in [9.17, 15) is 4.79 Å². The van der Waals surface area contributed by atoms with Crippen LogP contribution in [0.2, 0.25) is 0 Å². The molecule has 0 aromatic carbocycles. The molecule has 0 unspecified atom stereocenters. The molecule has 3 heterocycles. The van der Waals surface area contributed by atoms with Gasteiger partial charge < -0.3 is 18.6 Å². The fraction of sp³-hybridized carbons (Fsp3) is 0.611. The van der Waals surface area contributed by atoms with Gasteiger partial charge in [0.05, 0.1) is 5.56 Å². The first-order valence-corrected chi connectivity index (χ1v) is 8.70. The van der Waals surface area contributed by atoms with E-state index in [2.05, 4.69) is 10.1 Å². The molecule has 136 valence electrons. The molecule has 0 N–H and O–H groups in total. The first-order chi connectivity index (χ1) is 12.0. The van der Waals surface area contributed by atoms with Gasteiger partial charge in [-0.2, -0.15) is 4.98 Å². The SMILES string of the molecule is COCc1cc(C(=O)N2CCC[C@@H](c3noc(C(C)C)n3)C2)c(C)o1. The minimum absolute atomic E-state index is 0.0131. The van der Waals surface area contributed by atoms with E-state index in [1.165, 1.54) is 0 Å². The van der Waals surface area contributed by atoms with Gasteiger partial charge >= 0.3 is 0 Å². The fourth-order valence-corrected chi connectivity index (χ4v) is 3.16. The van der Waals surface area contributed by atoms with Crippen molar-refractivity contribution in [1.82, 2.24) is 15.0 Å². The molecule has 1 aliphatic rings. The number of amides is 1. The van der Waals surface area contributed by atoms with Gasteiger partial charge in [0.25, 0.3) is 5.91 Å². The molecule has 7 nitrogen and oxygen atoms in total. The maximum Gasteiger partial charge on any atom is 0.257 e. The van der Waals surface area contributed by atoms with E-state index in [0.29, 0.717) is 42.0 Å². The smallest absolute Gasteiger partial charge is 0.257 e. The standard InChI is InChI=1S/C18H25N3O4/c1-11(2)17-19-16(20-25-17)13-6-5-7-21(9-13)18(22)15-8-14(10-23-4)24-12(15)3/h8,11,13H,5-7,9-10H2,1-4H3/t13-/m1/s1. The number of carbonyl (C=O) groups excluding carboxylic acids is 1. The predicted molar refractivity (Wildman–Crippen MR) is 90.4 cm³/mol. The maximum atomic E-state index is 12.9. The molecule has 1 atom stereocenters. The van der Waals surface area contributed by atoms with Crippen molar-refractivity contribution in [2.45, 2.75) is 52.1 Å². The molecule has 3 rings (SSSR count). The lowest BCUT2D eigenvalue weighted by atomic mass is 9.96. The van der Waals surface area contributed by atoms with Crippen LogP contribution in [0.4, 0.5) is 0 Å². The summed E-state index contributed by atoms with van der Waals surface area (Å²) in [6.07, 6.45) is 1.88. The minimum atomic E-state index is -0.0131. The second-order valence-corrected chi connectivity index (χ2v) is 6.85. The molecular formula is C18H25N3O4. The van der Waals surface area contributed by atoms with Gasteiger partial charge in [-0.15, -0.1) is 0 Å². The summed E-state index contributed by atoms with van der Waals surface area (Å²) in [7, 11) is 1.60. The van der Waals surface area contributed by atoms with Crippen molar-refractivity contribution in [3.63, 3.8) is 0 Å². The predicted octanol–water partition coefficient (Wildman–Crippen LogP) is 3.26. The Kier molecular flexibility index (Phi) is 5.22. The van der Waals surface area contributed by atoms with Gasteiger partial charge in [0.15, 0.2) is 5.82 Å². The molecule has 1 fully saturated rings. The molecule has 0 saturated carbocycles. The third-order valence-electron chi connectivity index (χ3n) is 4.51. The van der Waals surface area contributed by atoms with Crippen molar-refractivity contribution in [1.29, 1.82) is 0 Å². The summed E-state index contributed by atoms with van der Waals surface area (Å²) in [4.78, 5) is 19.2. The first kappa shape index (κ1) is 17.7. The van der Waals surface area contributed by atoms with Gasteiger partial charge in [-0.25, -0.2) is 0 Å². The van der Waals surface area contributed by atoms with E-state index >= 15 is 0 Å². The molecule has 0 spiro atoms. The van der Waals surface area contributed by atoms with Gasteiger partial charge in [0, 0.05) is 32.0 Å². The Morgan fingerprint density at radius 3 is 2.96 bits per heavy atom. The summed E-state index contributed by atoms with van der Waals surface area (Å²) in [5, 5.41) is 4.11. The number of piperidine rings is 1. The number of likely N-dealkylation sites (tertiary alicyclic amines) is 1. The average molecular weight is 347 g/mol. The zero-order valence-corrected chi connectivity index (χ0v) is 15.2. The lowest BCUT2D eigenvalue weighted by Gasteiger charge is -2.31. The average Bonchev–Trinajstić information content (AvgIpc) is 3.22. The highest BCUT2D eigenvalue weighted by Gasteiger charge is 2.30. The quantitative estimate of drug-likeness (QED) is 0.826. The largest absolute Gasteiger partial charge is 0.463 e. The first-order valence-electron chi connectivity index (χ1n) is 8.70. The zero-order chi connectivity index (χ0) is 18.0. The Hall–Kier alpha value is -2.15. The summed E-state index contributed by atoms with van der Waals surface area (Å²) in [5.74, 6) is 2.94. The number of nitrogens with zero attached hydrogens (tertiary/aromatic N) is 3. The Balaban J connectivity index is 1.73. The summed E-state index contributed by atoms with van der Waals surface area (Å²) in [6.45, 7) is 7.54. The van der Waals surface area contributed by atoms with Crippen LogP contribution in [0.1, 0.15) is 72.1 Å². The Morgan fingerprint density at radius 1 is 1.48 bits per heavy atom. The highest BCUT2D eigenvalue weighted by Crippen LogP contribution is 2.28. The minimum Gasteiger partial charge on any atom is -0.463 e. The molecule has 0 aliphatic carbocycles. The molecule has 2 aromatic rings. The van der Waals surface area contributed by atoms with E-state index in [1.807, 2.05) is 25.7 Å². The number of hydrogen-bond donors (Lipinski definition) is 0. The van der Waals surface area contributed by atoms with Crippen molar-refractivity contribution in [3.8, 4) is 0 Å². The van der Waals surface area contributed by atoms with Crippen LogP contribution in [0, 0.1) is 6.92 Å². The number of methoxy groups -OCH3 is 1. The van der Waals surface area contributed by atoms with Crippen molar-refractivity contribution >= 4 is 5.91 Å². The van der Waals surface area contributed by atoms with E-state index in [0.717, 1.165) is 19.4 Å². The topological polar surface area (TPSA) is 81.6 Å². The zero-order valence-electron chi connectivity index (χ0n) is 15.2. The van der Waals surface area contributed by atoms with E-state index < -0.39 is 0 Å². The van der Waals surface area contributed by atoms with Crippen molar-refractivity contribution in [2.75, 3.05) is 20.2 Å². The number of aryl methyl sites for hydroxylation is 1.